The van der Waals surface area contributed by atoms with E-state index >= 15 is 0 Å². The fourth-order valence-corrected chi connectivity index (χ4v) is 5.15. The summed E-state index contributed by atoms with van der Waals surface area (Å²) in [7, 11) is 0. The molecule has 0 saturated carbocycles. The van der Waals surface area contributed by atoms with Crippen molar-refractivity contribution in [2.45, 2.75) is 25.7 Å². The SMILES string of the molecule is O=Cc1ccccc1Cc1ccccc1Cc1ccccc1Cc1ccccc1Cc1ccccc1C=O. The summed E-state index contributed by atoms with van der Waals surface area (Å²) < 4.78 is 0. The molecule has 2 nitrogen and oxygen atoms in total. The van der Waals surface area contributed by atoms with Crippen molar-refractivity contribution in [3.8, 4) is 0 Å². The summed E-state index contributed by atoms with van der Waals surface area (Å²) >= 11 is 0. The van der Waals surface area contributed by atoms with E-state index in [0.29, 0.717) is 0 Å². The largest absolute Gasteiger partial charge is 0.298 e. The van der Waals surface area contributed by atoms with Gasteiger partial charge in [0, 0.05) is 11.1 Å². The van der Waals surface area contributed by atoms with Gasteiger partial charge >= 0.3 is 0 Å². The number of carbonyl (C=O) groups excluding carboxylic acids is 2. The first-order valence-electron chi connectivity index (χ1n) is 13.0. The van der Waals surface area contributed by atoms with Crippen molar-refractivity contribution in [3.05, 3.63) is 177 Å². The van der Waals surface area contributed by atoms with Crippen molar-refractivity contribution in [3.63, 3.8) is 0 Å². The Morgan fingerprint density at radius 3 is 0.789 bits per heavy atom. The van der Waals surface area contributed by atoms with Gasteiger partial charge < -0.3 is 0 Å². The maximum atomic E-state index is 11.6. The molecule has 0 spiro atoms. The first-order chi connectivity index (χ1) is 18.7. The highest BCUT2D eigenvalue weighted by molar-refractivity contribution is 5.78. The van der Waals surface area contributed by atoms with Gasteiger partial charge in [-0.2, -0.15) is 0 Å². The van der Waals surface area contributed by atoms with Gasteiger partial charge in [-0.3, -0.25) is 9.59 Å². The summed E-state index contributed by atoms with van der Waals surface area (Å²) in [6.07, 6.45) is 4.99. The molecule has 0 bridgehead atoms. The predicted octanol–water partition coefficient (Wildman–Crippen LogP) is 7.67. The molecule has 0 saturated heterocycles. The van der Waals surface area contributed by atoms with Crippen LogP contribution in [0.25, 0.3) is 0 Å². The Morgan fingerprint density at radius 1 is 0.316 bits per heavy atom. The van der Waals surface area contributed by atoms with E-state index in [4.69, 9.17) is 0 Å². The van der Waals surface area contributed by atoms with Crippen LogP contribution in [0.15, 0.2) is 121 Å². The first kappa shape index (κ1) is 25.1. The maximum Gasteiger partial charge on any atom is 0.150 e. The minimum atomic E-state index is 0.728. The number of aldehydes is 2. The Balaban J connectivity index is 1.42. The molecule has 0 atom stereocenters. The highest BCUT2D eigenvalue weighted by Crippen LogP contribution is 2.25. The number of hydrogen-bond acceptors (Lipinski definition) is 2. The Hall–Kier alpha value is -4.56. The molecule has 0 radical (unpaired) electrons. The summed E-state index contributed by atoms with van der Waals surface area (Å²) in [6.45, 7) is 0. The van der Waals surface area contributed by atoms with E-state index in [2.05, 4.69) is 72.8 Å². The molecular weight excluding hydrogens is 464 g/mol. The zero-order valence-corrected chi connectivity index (χ0v) is 21.3. The molecule has 0 aliphatic carbocycles. The molecule has 0 unspecified atom stereocenters. The monoisotopic (exact) mass is 494 g/mol. The van der Waals surface area contributed by atoms with E-state index in [0.717, 1.165) is 60.5 Å². The summed E-state index contributed by atoms with van der Waals surface area (Å²) in [5.74, 6) is 0. The Bertz CT molecular complexity index is 1450. The number of carbonyl (C=O) groups is 2. The minimum absolute atomic E-state index is 0.728. The molecule has 0 amide bonds. The van der Waals surface area contributed by atoms with Crippen molar-refractivity contribution in [2.24, 2.45) is 0 Å². The van der Waals surface area contributed by atoms with Crippen molar-refractivity contribution < 1.29 is 9.59 Å². The standard InChI is InChI=1S/C36H30O2/c37-25-35-19-9-7-17-33(35)23-31-15-5-3-13-29(31)21-27-11-1-2-12-28(27)22-30-14-4-6-16-32(30)24-34-18-8-10-20-36(34)26-38/h1-20,25-26H,21-24H2. The van der Waals surface area contributed by atoms with Crippen LogP contribution < -0.4 is 0 Å². The van der Waals surface area contributed by atoms with E-state index < -0.39 is 0 Å². The average Bonchev–Trinajstić information content (AvgIpc) is 2.96. The average molecular weight is 495 g/mol. The molecular formula is C36H30O2. The first-order valence-corrected chi connectivity index (χ1v) is 13.0. The van der Waals surface area contributed by atoms with Gasteiger partial charge in [0.05, 0.1) is 0 Å². The number of hydrogen-bond donors (Lipinski definition) is 0. The van der Waals surface area contributed by atoms with Crippen LogP contribution in [0.1, 0.15) is 65.2 Å². The maximum absolute atomic E-state index is 11.6. The van der Waals surface area contributed by atoms with Gasteiger partial charge in [-0.1, -0.05) is 121 Å². The highest BCUT2D eigenvalue weighted by atomic mass is 16.1. The fraction of sp³-hybridized carbons (Fsp3) is 0.111. The molecule has 0 heterocycles. The third kappa shape index (κ3) is 5.87. The molecule has 2 heteroatoms. The zero-order chi connectivity index (χ0) is 26.2. The number of benzene rings is 5. The molecule has 5 rings (SSSR count). The van der Waals surface area contributed by atoms with Crippen LogP contribution in [0.5, 0.6) is 0 Å². The molecule has 0 aromatic heterocycles. The molecule has 186 valence electrons. The molecule has 38 heavy (non-hydrogen) atoms. The van der Waals surface area contributed by atoms with Crippen LogP contribution in [0.4, 0.5) is 0 Å². The van der Waals surface area contributed by atoms with Gasteiger partial charge in [-0.15, -0.1) is 0 Å². The predicted molar refractivity (Wildman–Crippen MR) is 154 cm³/mol. The summed E-state index contributed by atoms with van der Waals surface area (Å²) in [6, 6.07) is 41.3. The highest BCUT2D eigenvalue weighted by Gasteiger charge is 2.12. The lowest BCUT2D eigenvalue weighted by Gasteiger charge is -2.16. The quantitative estimate of drug-likeness (QED) is 0.187. The molecule has 0 fully saturated rings. The van der Waals surface area contributed by atoms with Crippen LogP contribution in [-0.4, -0.2) is 12.6 Å². The number of rotatable bonds is 10. The zero-order valence-electron chi connectivity index (χ0n) is 21.3. The second kappa shape index (κ2) is 12.1. The lowest BCUT2D eigenvalue weighted by atomic mass is 9.89. The molecule has 0 N–H and O–H groups in total. The van der Waals surface area contributed by atoms with Gasteiger partial charge in [0.2, 0.25) is 0 Å². The van der Waals surface area contributed by atoms with Crippen molar-refractivity contribution in [2.75, 3.05) is 0 Å². The van der Waals surface area contributed by atoms with Gasteiger partial charge in [0.25, 0.3) is 0 Å². The van der Waals surface area contributed by atoms with Gasteiger partial charge in [-0.25, -0.2) is 0 Å². The lowest BCUT2D eigenvalue weighted by Crippen LogP contribution is -2.04. The van der Waals surface area contributed by atoms with Crippen molar-refractivity contribution in [1.82, 2.24) is 0 Å². The molecule has 5 aromatic rings. The topological polar surface area (TPSA) is 34.1 Å². The third-order valence-electron chi connectivity index (χ3n) is 7.24. The lowest BCUT2D eigenvalue weighted by molar-refractivity contribution is 0.111. The normalized spacial score (nSPS) is 10.7. The van der Waals surface area contributed by atoms with E-state index in [-0.39, 0.29) is 0 Å². The minimum Gasteiger partial charge on any atom is -0.298 e. The van der Waals surface area contributed by atoms with Crippen LogP contribution in [0.2, 0.25) is 0 Å². The van der Waals surface area contributed by atoms with Crippen LogP contribution in [-0.2, 0) is 25.7 Å². The summed E-state index contributed by atoms with van der Waals surface area (Å²) in [5, 5.41) is 0. The van der Waals surface area contributed by atoms with Gasteiger partial charge in [0.15, 0.2) is 0 Å². The molecule has 5 aromatic carbocycles. The Kier molecular flexibility index (Phi) is 8.01. The Morgan fingerprint density at radius 2 is 0.526 bits per heavy atom. The fourth-order valence-electron chi connectivity index (χ4n) is 5.15. The summed E-state index contributed by atoms with van der Waals surface area (Å²) in [5.41, 5.74) is 11.2. The van der Waals surface area contributed by atoms with Crippen LogP contribution in [0.3, 0.4) is 0 Å². The molecule has 0 aliphatic rings. The van der Waals surface area contributed by atoms with Crippen molar-refractivity contribution in [1.29, 1.82) is 0 Å². The smallest absolute Gasteiger partial charge is 0.150 e. The van der Waals surface area contributed by atoms with Crippen molar-refractivity contribution >= 4 is 12.6 Å². The van der Waals surface area contributed by atoms with E-state index in [1.54, 1.807) is 0 Å². The van der Waals surface area contributed by atoms with E-state index in [9.17, 15) is 9.59 Å². The van der Waals surface area contributed by atoms with E-state index in [1.807, 2.05) is 48.5 Å². The second-order valence-electron chi connectivity index (χ2n) is 9.65. The van der Waals surface area contributed by atoms with Crippen LogP contribution >= 0.6 is 0 Å². The molecule has 0 aliphatic heterocycles. The second-order valence-corrected chi connectivity index (χ2v) is 9.65. The van der Waals surface area contributed by atoms with Crippen LogP contribution in [0, 0.1) is 0 Å². The van der Waals surface area contributed by atoms with E-state index in [1.165, 1.54) is 33.4 Å². The summed E-state index contributed by atoms with van der Waals surface area (Å²) in [4.78, 5) is 23.1. The third-order valence-corrected chi connectivity index (χ3v) is 7.24. The van der Waals surface area contributed by atoms with Gasteiger partial charge in [-0.05, 0) is 70.2 Å². The van der Waals surface area contributed by atoms with Gasteiger partial charge in [0.1, 0.15) is 12.6 Å². The Labute approximate surface area is 224 Å².